The molecular formula is C10H7BrCl2O3. The molecule has 0 aliphatic carbocycles. The van der Waals surface area contributed by atoms with E-state index in [1.165, 1.54) is 12.1 Å². The summed E-state index contributed by atoms with van der Waals surface area (Å²) in [4.78, 5) is 21.5. The fraction of sp³-hybridized carbons (Fsp3) is 0.200. The van der Waals surface area contributed by atoms with Gasteiger partial charge in [0, 0.05) is 10.6 Å². The number of carbonyl (C=O) groups is 2. The monoisotopic (exact) mass is 324 g/mol. The maximum Gasteiger partial charge on any atom is 0.304 e. The van der Waals surface area contributed by atoms with Crippen molar-refractivity contribution in [3.8, 4) is 0 Å². The van der Waals surface area contributed by atoms with E-state index in [-0.39, 0.29) is 17.0 Å². The molecule has 0 aliphatic rings. The molecule has 6 heteroatoms. The molecule has 0 radical (unpaired) electrons. The van der Waals surface area contributed by atoms with Crippen LogP contribution in [0.1, 0.15) is 16.8 Å². The van der Waals surface area contributed by atoms with Crippen molar-refractivity contribution in [1.82, 2.24) is 0 Å². The molecule has 0 fully saturated rings. The topological polar surface area (TPSA) is 54.4 Å². The van der Waals surface area contributed by atoms with Crippen LogP contribution in [0.3, 0.4) is 0 Å². The van der Waals surface area contributed by atoms with E-state index < -0.39 is 16.6 Å². The molecule has 1 unspecified atom stereocenters. The number of ketones is 1. The van der Waals surface area contributed by atoms with Crippen molar-refractivity contribution >= 4 is 50.9 Å². The molecule has 0 saturated carbocycles. The van der Waals surface area contributed by atoms with Gasteiger partial charge in [0.05, 0.1) is 16.3 Å². The van der Waals surface area contributed by atoms with Gasteiger partial charge in [-0.3, -0.25) is 9.59 Å². The first kappa shape index (κ1) is 13.5. The van der Waals surface area contributed by atoms with Gasteiger partial charge in [-0.15, -0.1) is 0 Å². The van der Waals surface area contributed by atoms with Gasteiger partial charge in [-0.2, -0.15) is 0 Å². The molecule has 0 heterocycles. The van der Waals surface area contributed by atoms with Crippen molar-refractivity contribution in [1.29, 1.82) is 0 Å². The van der Waals surface area contributed by atoms with E-state index in [0.29, 0.717) is 5.02 Å². The van der Waals surface area contributed by atoms with E-state index in [1.807, 2.05) is 0 Å². The number of carbonyl (C=O) groups excluding carboxylic acids is 1. The molecule has 3 nitrogen and oxygen atoms in total. The molecule has 1 rings (SSSR count). The summed E-state index contributed by atoms with van der Waals surface area (Å²) in [7, 11) is 0. The minimum absolute atomic E-state index is 0.220. The van der Waals surface area contributed by atoms with Crippen LogP contribution in [0.5, 0.6) is 0 Å². The van der Waals surface area contributed by atoms with Gasteiger partial charge in [0.15, 0.2) is 5.78 Å². The Morgan fingerprint density at radius 2 is 2.00 bits per heavy atom. The highest BCUT2D eigenvalue weighted by atomic mass is 79.9. The molecule has 1 atom stereocenters. The number of carboxylic acids is 1. The molecular weight excluding hydrogens is 319 g/mol. The van der Waals surface area contributed by atoms with E-state index in [4.69, 9.17) is 28.3 Å². The van der Waals surface area contributed by atoms with Gasteiger partial charge in [0.25, 0.3) is 0 Å². The number of hydrogen-bond donors (Lipinski definition) is 1. The summed E-state index contributed by atoms with van der Waals surface area (Å²) in [5.74, 6) is -1.46. The number of rotatable bonds is 4. The molecule has 86 valence electrons. The van der Waals surface area contributed by atoms with Crippen LogP contribution in [0.25, 0.3) is 0 Å². The first-order valence-corrected chi connectivity index (χ1v) is 5.94. The van der Waals surface area contributed by atoms with Gasteiger partial charge in [0.1, 0.15) is 0 Å². The second-order valence-corrected chi connectivity index (χ2v) is 5.00. The largest absolute Gasteiger partial charge is 0.481 e. The second kappa shape index (κ2) is 5.66. The lowest BCUT2D eigenvalue weighted by atomic mass is 10.1. The zero-order chi connectivity index (χ0) is 12.3. The minimum Gasteiger partial charge on any atom is -0.481 e. The van der Waals surface area contributed by atoms with Crippen molar-refractivity contribution in [3.05, 3.63) is 33.8 Å². The van der Waals surface area contributed by atoms with Crippen LogP contribution in [0, 0.1) is 0 Å². The zero-order valence-corrected chi connectivity index (χ0v) is 11.0. The second-order valence-electron chi connectivity index (χ2n) is 3.05. The van der Waals surface area contributed by atoms with Gasteiger partial charge in [-0.25, -0.2) is 0 Å². The predicted octanol–water partition coefficient (Wildman–Crippen LogP) is 3.41. The number of alkyl halides is 1. The molecule has 0 spiro atoms. The van der Waals surface area contributed by atoms with Crippen LogP contribution in [0.4, 0.5) is 0 Å². The smallest absolute Gasteiger partial charge is 0.304 e. The molecule has 1 aromatic rings. The highest BCUT2D eigenvalue weighted by molar-refractivity contribution is 9.10. The van der Waals surface area contributed by atoms with E-state index in [9.17, 15) is 9.59 Å². The molecule has 0 aromatic heterocycles. The van der Waals surface area contributed by atoms with Crippen molar-refractivity contribution in [2.45, 2.75) is 11.2 Å². The Balaban J connectivity index is 2.95. The Morgan fingerprint density at radius 1 is 1.38 bits per heavy atom. The summed E-state index contributed by atoms with van der Waals surface area (Å²) in [5, 5.41) is 9.19. The lowest BCUT2D eigenvalue weighted by molar-refractivity contribution is -0.136. The third kappa shape index (κ3) is 3.47. The molecule has 0 bridgehead atoms. The summed E-state index contributed by atoms with van der Waals surface area (Å²) in [6, 6.07) is 4.47. The fourth-order valence-corrected chi connectivity index (χ4v) is 2.01. The number of carboxylic acid groups (broad SMARTS) is 1. The number of Topliss-reactive ketones (excluding diaryl/α,β-unsaturated/α-hetero) is 1. The predicted molar refractivity (Wildman–Crippen MR) is 65.8 cm³/mol. The van der Waals surface area contributed by atoms with Crippen molar-refractivity contribution in [2.75, 3.05) is 0 Å². The first-order valence-electron chi connectivity index (χ1n) is 4.27. The van der Waals surface area contributed by atoms with E-state index >= 15 is 0 Å². The summed E-state index contributed by atoms with van der Waals surface area (Å²) in [5.41, 5.74) is 0.220. The van der Waals surface area contributed by atoms with E-state index in [1.54, 1.807) is 6.07 Å². The van der Waals surface area contributed by atoms with Crippen LogP contribution in [-0.4, -0.2) is 21.7 Å². The molecule has 0 amide bonds. The number of aliphatic carboxylic acids is 1. The van der Waals surface area contributed by atoms with Crippen molar-refractivity contribution in [2.24, 2.45) is 0 Å². The van der Waals surface area contributed by atoms with Crippen LogP contribution >= 0.6 is 39.1 Å². The van der Waals surface area contributed by atoms with Crippen LogP contribution in [-0.2, 0) is 4.79 Å². The van der Waals surface area contributed by atoms with Gasteiger partial charge >= 0.3 is 5.97 Å². The summed E-state index contributed by atoms with van der Waals surface area (Å²) in [6.45, 7) is 0. The third-order valence-electron chi connectivity index (χ3n) is 1.83. The summed E-state index contributed by atoms with van der Waals surface area (Å²) in [6.07, 6.45) is -0.304. The summed E-state index contributed by atoms with van der Waals surface area (Å²) >= 11 is 14.6. The van der Waals surface area contributed by atoms with Gasteiger partial charge in [-0.1, -0.05) is 39.1 Å². The SMILES string of the molecule is O=C(O)CC(Br)C(=O)c1cc(Cl)ccc1Cl. The van der Waals surface area contributed by atoms with Crippen molar-refractivity contribution in [3.63, 3.8) is 0 Å². The van der Waals surface area contributed by atoms with E-state index in [2.05, 4.69) is 15.9 Å². The highest BCUT2D eigenvalue weighted by Crippen LogP contribution is 2.24. The van der Waals surface area contributed by atoms with E-state index in [0.717, 1.165) is 0 Å². The lowest BCUT2D eigenvalue weighted by Crippen LogP contribution is -2.18. The number of hydrogen-bond acceptors (Lipinski definition) is 2. The standard InChI is InChI=1S/C10H7BrCl2O3/c11-7(4-9(14)15)10(16)6-3-5(12)1-2-8(6)13/h1-3,7H,4H2,(H,14,15). The van der Waals surface area contributed by atoms with Crippen LogP contribution in [0.2, 0.25) is 10.0 Å². The normalized spacial score (nSPS) is 12.2. The van der Waals surface area contributed by atoms with Gasteiger partial charge in [-0.05, 0) is 18.2 Å². The molecule has 0 aliphatic heterocycles. The number of benzene rings is 1. The average Bonchev–Trinajstić information content (AvgIpc) is 2.19. The van der Waals surface area contributed by atoms with Crippen LogP contribution in [0.15, 0.2) is 18.2 Å². The van der Waals surface area contributed by atoms with Crippen molar-refractivity contribution < 1.29 is 14.7 Å². The average molecular weight is 326 g/mol. The fourth-order valence-electron chi connectivity index (χ4n) is 1.10. The number of halogens is 3. The third-order valence-corrected chi connectivity index (χ3v) is 3.14. The Kier molecular flexibility index (Phi) is 4.77. The van der Waals surface area contributed by atoms with Crippen LogP contribution < -0.4 is 0 Å². The Labute approximate surface area is 110 Å². The maximum absolute atomic E-state index is 11.8. The highest BCUT2D eigenvalue weighted by Gasteiger charge is 2.22. The van der Waals surface area contributed by atoms with Gasteiger partial charge < -0.3 is 5.11 Å². The Hall–Kier alpha value is -0.580. The van der Waals surface area contributed by atoms with Gasteiger partial charge in [0.2, 0.25) is 0 Å². The molecule has 1 N–H and O–H groups in total. The maximum atomic E-state index is 11.8. The Morgan fingerprint density at radius 3 is 2.56 bits per heavy atom. The quantitative estimate of drug-likeness (QED) is 0.681. The molecule has 1 aromatic carbocycles. The first-order chi connectivity index (χ1) is 7.41. The molecule has 0 saturated heterocycles. The zero-order valence-electron chi connectivity index (χ0n) is 7.91. The minimum atomic E-state index is -1.06. The lowest BCUT2D eigenvalue weighted by Gasteiger charge is -2.08. The Bertz CT molecular complexity index is 434. The molecule has 16 heavy (non-hydrogen) atoms. The summed E-state index contributed by atoms with van der Waals surface area (Å²) < 4.78 is 0.